The first kappa shape index (κ1) is 12.6. The third kappa shape index (κ3) is 2.65. The first-order valence-electron chi connectivity index (χ1n) is 7.03. The van der Waals surface area contributed by atoms with Gasteiger partial charge in [0.1, 0.15) is 5.84 Å². The lowest BCUT2D eigenvalue weighted by Crippen LogP contribution is -2.47. The van der Waals surface area contributed by atoms with Gasteiger partial charge in [-0.3, -0.25) is 10.3 Å². The lowest BCUT2D eigenvalue weighted by molar-refractivity contribution is -0.0588. The monoisotopic (exact) mass is 259 g/mol. The molecule has 4 nitrogen and oxygen atoms in total. The van der Waals surface area contributed by atoms with Crippen LogP contribution in [0.15, 0.2) is 24.3 Å². The number of nitrogen functional groups attached to an aromatic ring is 1. The van der Waals surface area contributed by atoms with Crippen LogP contribution < -0.4 is 5.73 Å². The molecule has 4 heteroatoms. The summed E-state index contributed by atoms with van der Waals surface area (Å²) < 4.78 is 5.83. The number of hydrogen-bond acceptors (Lipinski definition) is 3. The Balaban J connectivity index is 1.68. The Kier molecular flexibility index (Phi) is 3.53. The first-order valence-corrected chi connectivity index (χ1v) is 7.03. The summed E-state index contributed by atoms with van der Waals surface area (Å²) in [7, 11) is 0. The Bertz CT molecular complexity index is 457. The summed E-state index contributed by atoms with van der Waals surface area (Å²) in [4.78, 5) is 2.55. The third-order valence-corrected chi connectivity index (χ3v) is 4.25. The largest absolute Gasteiger partial charge is 0.384 e. The molecule has 2 aliphatic rings. The van der Waals surface area contributed by atoms with Crippen LogP contribution in [-0.2, 0) is 11.3 Å². The van der Waals surface area contributed by atoms with Gasteiger partial charge >= 0.3 is 0 Å². The summed E-state index contributed by atoms with van der Waals surface area (Å²) in [6.45, 7) is 2.85. The molecule has 3 rings (SSSR count). The van der Waals surface area contributed by atoms with Crippen molar-refractivity contribution in [2.24, 2.45) is 5.73 Å². The van der Waals surface area contributed by atoms with Crippen LogP contribution in [0, 0.1) is 5.41 Å². The number of nitrogens with zero attached hydrogens (tertiary/aromatic N) is 1. The van der Waals surface area contributed by atoms with E-state index in [2.05, 4.69) is 17.0 Å². The van der Waals surface area contributed by atoms with E-state index >= 15 is 0 Å². The molecule has 2 atom stereocenters. The molecule has 0 aromatic heterocycles. The predicted octanol–water partition coefficient (Wildman–Crippen LogP) is 1.72. The fourth-order valence-electron chi connectivity index (χ4n) is 3.23. The molecule has 102 valence electrons. The molecule has 0 spiro atoms. The molecule has 1 saturated carbocycles. The van der Waals surface area contributed by atoms with E-state index in [0.717, 1.165) is 25.3 Å². The van der Waals surface area contributed by atoms with Gasteiger partial charge in [0.25, 0.3) is 0 Å². The van der Waals surface area contributed by atoms with Gasteiger partial charge in [0.05, 0.1) is 12.7 Å². The fourth-order valence-corrected chi connectivity index (χ4v) is 3.23. The van der Waals surface area contributed by atoms with E-state index in [1.165, 1.54) is 24.8 Å². The summed E-state index contributed by atoms with van der Waals surface area (Å²) in [5.74, 6) is 0.133. The molecule has 0 amide bonds. The van der Waals surface area contributed by atoms with Crippen LogP contribution in [0.5, 0.6) is 0 Å². The number of ether oxygens (including phenoxy) is 1. The van der Waals surface area contributed by atoms with Crippen molar-refractivity contribution in [1.29, 1.82) is 5.41 Å². The SMILES string of the molecule is N=C(N)c1ccc(CN2CCOC3CCCC32)cc1. The molecule has 19 heavy (non-hydrogen) atoms. The minimum Gasteiger partial charge on any atom is -0.384 e. The highest BCUT2D eigenvalue weighted by Gasteiger charge is 2.35. The van der Waals surface area contributed by atoms with E-state index in [1.54, 1.807) is 0 Å². The molecule has 1 aliphatic carbocycles. The van der Waals surface area contributed by atoms with Gasteiger partial charge in [-0.25, -0.2) is 0 Å². The van der Waals surface area contributed by atoms with Crippen molar-refractivity contribution in [3.05, 3.63) is 35.4 Å². The number of fused-ring (bicyclic) bond motifs is 1. The van der Waals surface area contributed by atoms with Crippen LogP contribution in [-0.4, -0.2) is 36.0 Å². The molecule has 1 aromatic carbocycles. The van der Waals surface area contributed by atoms with Crippen molar-refractivity contribution in [1.82, 2.24) is 4.90 Å². The standard InChI is InChI=1S/C15H21N3O/c16-15(17)12-6-4-11(5-7-12)10-18-8-9-19-14-3-1-2-13(14)18/h4-7,13-14H,1-3,8-10H2,(H3,16,17). The molecular weight excluding hydrogens is 238 g/mol. The second-order valence-corrected chi connectivity index (χ2v) is 5.49. The average molecular weight is 259 g/mol. The van der Waals surface area contributed by atoms with Gasteiger partial charge in [0.2, 0.25) is 0 Å². The molecule has 0 radical (unpaired) electrons. The summed E-state index contributed by atoms with van der Waals surface area (Å²) in [5, 5.41) is 7.41. The Labute approximate surface area is 114 Å². The molecule has 1 aliphatic heterocycles. The van der Waals surface area contributed by atoms with Crippen molar-refractivity contribution in [3.8, 4) is 0 Å². The summed E-state index contributed by atoms with van der Waals surface area (Å²) in [5.41, 5.74) is 7.56. The minimum absolute atomic E-state index is 0.133. The molecular formula is C15H21N3O. The van der Waals surface area contributed by atoms with Crippen LogP contribution in [0.4, 0.5) is 0 Å². The number of benzene rings is 1. The maximum atomic E-state index is 7.41. The van der Waals surface area contributed by atoms with Crippen LogP contribution in [0.2, 0.25) is 0 Å². The highest BCUT2D eigenvalue weighted by atomic mass is 16.5. The topological polar surface area (TPSA) is 62.3 Å². The van der Waals surface area contributed by atoms with E-state index in [0.29, 0.717) is 12.1 Å². The molecule has 2 fully saturated rings. The van der Waals surface area contributed by atoms with Crippen molar-refractivity contribution >= 4 is 5.84 Å². The minimum atomic E-state index is 0.133. The Hall–Kier alpha value is -1.39. The molecule has 1 aromatic rings. The second kappa shape index (κ2) is 5.31. The predicted molar refractivity (Wildman–Crippen MR) is 75.2 cm³/mol. The normalized spacial score (nSPS) is 27.2. The van der Waals surface area contributed by atoms with E-state index in [-0.39, 0.29) is 5.84 Å². The van der Waals surface area contributed by atoms with Gasteiger partial charge in [-0.05, 0) is 24.8 Å². The quantitative estimate of drug-likeness (QED) is 0.642. The Morgan fingerprint density at radius 3 is 2.84 bits per heavy atom. The van der Waals surface area contributed by atoms with Gasteiger partial charge < -0.3 is 10.5 Å². The molecule has 1 saturated heterocycles. The lowest BCUT2D eigenvalue weighted by atomic mass is 10.1. The average Bonchev–Trinajstić information content (AvgIpc) is 2.89. The zero-order valence-corrected chi connectivity index (χ0v) is 11.1. The molecule has 2 unspecified atom stereocenters. The zero-order valence-electron chi connectivity index (χ0n) is 11.1. The Morgan fingerprint density at radius 2 is 2.11 bits per heavy atom. The molecule has 0 bridgehead atoms. The number of hydrogen-bond donors (Lipinski definition) is 2. The van der Waals surface area contributed by atoms with E-state index in [1.807, 2.05) is 12.1 Å². The molecule has 1 heterocycles. The maximum Gasteiger partial charge on any atom is 0.122 e. The van der Waals surface area contributed by atoms with Gasteiger partial charge in [-0.1, -0.05) is 24.3 Å². The van der Waals surface area contributed by atoms with E-state index in [4.69, 9.17) is 15.9 Å². The third-order valence-electron chi connectivity index (χ3n) is 4.25. The first-order chi connectivity index (χ1) is 9.24. The number of nitrogens with two attached hydrogens (primary N) is 1. The van der Waals surface area contributed by atoms with Gasteiger partial charge in [-0.2, -0.15) is 0 Å². The second-order valence-electron chi connectivity index (χ2n) is 5.49. The lowest BCUT2D eigenvalue weighted by Gasteiger charge is -2.37. The van der Waals surface area contributed by atoms with Crippen LogP contribution >= 0.6 is 0 Å². The number of morpholine rings is 1. The summed E-state index contributed by atoms with van der Waals surface area (Å²) in [6.07, 6.45) is 4.21. The highest BCUT2D eigenvalue weighted by molar-refractivity contribution is 5.94. The van der Waals surface area contributed by atoms with Gasteiger partial charge in [0.15, 0.2) is 0 Å². The summed E-state index contributed by atoms with van der Waals surface area (Å²) >= 11 is 0. The maximum absolute atomic E-state index is 7.41. The van der Waals surface area contributed by atoms with Gasteiger partial charge in [-0.15, -0.1) is 0 Å². The van der Waals surface area contributed by atoms with Crippen LogP contribution in [0.1, 0.15) is 30.4 Å². The van der Waals surface area contributed by atoms with Crippen molar-refractivity contribution < 1.29 is 4.74 Å². The van der Waals surface area contributed by atoms with Gasteiger partial charge in [0, 0.05) is 24.7 Å². The smallest absolute Gasteiger partial charge is 0.122 e. The Morgan fingerprint density at radius 1 is 1.32 bits per heavy atom. The van der Waals surface area contributed by atoms with Crippen LogP contribution in [0.25, 0.3) is 0 Å². The highest BCUT2D eigenvalue weighted by Crippen LogP contribution is 2.30. The van der Waals surface area contributed by atoms with Crippen LogP contribution in [0.3, 0.4) is 0 Å². The number of rotatable bonds is 3. The zero-order chi connectivity index (χ0) is 13.2. The number of amidine groups is 1. The summed E-state index contributed by atoms with van der Waals surface area (Å²) in [6, 6.07) is 8.63. The van der Waals surface area contributed by atoms with Crippen molar-refractivity contribution in [2.45, 2.75) is 38.0 Å². The van der Waals surface area contributed by atoms with E-state index < -0.39 is 0 Å². The van der Waals surface area contributed by atoms with Crippen molar-refractivity contribution in [3.63, 3.8) is 0 Å². The van der Waals surface area contributed by atoms with Crippen molar-refractivity contribution in [2.75, 3.05) is 13.2 Å². The molecule has 3 N–H and O–H groups in total. The van der Waals surface area contributed by atoms with E-state index in [9.17, 15) is 0 Å². The fraction of sp³-hybridized carbons (Fsp3) is 0.533. The number of nitrogens with one attached hydrogen (secondary N) is 1.